The van der Waals surface area contributed by atoms with Crippen molar-refractivity contribution in [2.45, 2.75) is 32.1 Å². The topological polar surface area (TPSA) is 78.4 Å². The molecule has 0 saturated heterocycles. The van der Waals surface area contributed by atoms with Gasteiger partial charge in [0.25, 0.3) is 0 Å². The van der Waals surface area contributed by atoms with Crippen LogP contribution < -0.4 is 10.6 Å². The van der Waals surface area contributed by atoms with Gasteiger partial charge in [-0.2, -0.15) is 0 Å². The molecule has 1 saturated carbocycles. The normalized spacial score (nSPS) is 24.3. The number of carbonyl (C=O) groups is 2. The van der Waals surface area contributed by atoms with Crippen LogP contribution in [0.1, 0.15) is 32.1 Å². The fourth-order valence-electron chi connectivity index (χ4n) is 2.39. The monoisotopic (exact) mass is 242 g/mol. The molecule has 0 aromatic heterocycles. The third-order valence-electron chi connectivity index (χ3n) is 3.44. The number of hydrogen-bond donors (Lipinski definition) is 3. The zero-order valence-electron chi connectivity index (χ0n) is 10.4. The van der Waals surface area contributed by atoms with Crippen LogP contribution in [0.25, 0.3) is 0 Å². The van der Waals surface area contributed by atoms with Gasteiger partial charge in [-0.1, -0.05) is 12.8 Å². The number of carbonyl (C=O) groups excluding carboxylic acids is 1. The van der Waals surface area contributed by atoms with Gasteiger partial charge in [-0.15, -0.1) is 0 Å². The number of rotatable bonds is 6. The lowest BCUT2D eigenvalue weighted by Crippen LogP contribution is -2.36. The molecule has 5 nitrogen and oxygen atoms in total. The van der Waals surface area contributed by atoms with Gasteiger partial charge < -0.3 is 15.7 Å². The van der Waals surface area contributed by atoms with Crippen LogP contribution in [0.15, 0.2) is 0 Å². The van der Waals surface area contributed by atoms with Crippen LogP contribution in [-0.2, 0) is 9.59 Å². The minimum absolute atomic E-state index is 0.0101. The zero-order chi connectivity index (χ0) is 12.7. The first-order valence-corrected chi connectivity index (χ1v) is 6.29. The Labute approximate surface area is 102 Å². The van der Waals surface area contributed by atoms with Crippen molar-refractivity contribution < 1.29 is 14.7 Å². The van der Waals surface area contributed by atoms with Crippen LogP contribution in [0.2, 0.25) is 0 Å². The molecular weight excluding hydrogens is 220 g/mol. The molecule has 1 aliphatic carbocycles. The van der Waals surface area contributed by atoms with E-state index >= 15 is 0 Å². The second kappa shape index (κ2) is 7.27. The van der Waals surface area contributed by atoms with E-state index in [1.54, 1.807) is 7.05 Å². The number of amides is 1. The maximum absolute atomic E-state index is 11.1. The molecule has 0 heterocycles. The molecule has 0 aromatic rings. The standard InChI is InChI=1S/C12H22N2O3/c1-13-11(15)6-7-14-8-9-4-2-3-5-10(9)12(16)17/h9-10,14H,2-8H2,1H3,(H,13,15)(H,16,17). The lowest BCUT2D eigenvalue weighted by molar-refractivity contribution is -0.144. The fourth-order valence-corrected chi connectivity index (χ4v) is 2.39. The van der Waals surface area contributed by atoms with Crippen molar-refractivity contribution in [2.75, 3.05) is 20.1 Å². The minimum atomic E-state index is -0.678. The molecule has 0 radical (unpaired) electrons. The fraction of sp³-hybridized carbons (Fsp3) is 0.833. The predicted octanol–water partition coefficient (Wildman–Crippen LogP) is 0.603. The van der Waals surface area contributed by atoms with Gasteiger partial charge in [-0.3, -0.25) is 9.59 Å². The number of carboxylic acids is 1. The molecule has 2 atom stereocenters. The summed E-state index contributed by atoms with van der Waals surface area (Å²) in [5.41, 5.74) is 0. The van der Waals surface area contributed by atoms with Gasteiger partial charge in [0.1, 0.15) is 0 Å². The summed E-state index contributed by atoms with van der Waals surface area (Å²) in [6.45, 7) is 1.32. The SMILES string of the molecule is CNC(=O)CCNCC1CCCCC1C(=O)O. The molecule has 1 rings (SSSR count). The summed E-state index contributed by atoms with van der Waals surface area (Å²) >= 11 is 0. The maximum Gasteiger partial charge on any atom is 0.306 e. The highest BCUT2D eigenvalue weighted by molar-refractivity contribution is 5.75. The van der Waals surface area contributed by atoms with Crippen molar-refractivity contribution in [3.8, 4) is 0 Å². The Balaban J connectivity index is 2.24. The Kier molecular flexibility index (Phi) is 5.97. The molecule has 0 aromatic carbocycles. The second-order valence-corrected chi connectivity index (χ2v) is 4.62. The summed E-state index contributed by atoms with van der Waals surface area (Å²) in [4.78, 5) is 22.1. The summed E-state index contributed by atoms with van der Waals surface area (Å²) in [6, 6.07) is 0. The quantitative estimate of drug-likeness (QED) is 0.596. The van der Waals surface area contributed by atoms with E-state index in [1.165, 1.54) is 0 Å². The van der Waals surface area contributed by atoms with Gasteiger partial charge in [-0.05, 0) is 25.3 Å². The van der Waals surface area contributed by atoms with Crippen molar-refractivity contribution in [1.29, 1.82) is 0 Å². The Hall–Kier alpha value is -1.10. The van der Waals surface area contributed by atoms with Gasteiger partial charge in [0.2, 0.25) is 5.91 Å². The molecule has 0 spiro atoms. The second-order valence-electron chi connectivity index (χ2n) is 4.62. The average molecular weight is 242 g/mol. The van der Waals surface area contributed by atoms with E-state index < -0.39 is 5.97 Å². The average Bonchev–Trinajstić information content (AvgIpc) is 2.34. The van der Waals surface area contributed by atoms with Gasteiger partial charge in [0, 0.05) is 20.0 Å². The smallest absolute Gasteiger partial charge is 0.306 e. The largest absolute Gasteiger partial charge is 0.481 e. The van der Waals surface area contributed by atoms with Crippen molar-refractivity contribution in [2.24, 2.45) is 11.8 Å². The molecule has 0 bridgehead atoms. The lowest BCUT2D eigenvalue weighted by Gasteiger charge is -2.28. The molecule has 5 heteroatoms. The van der Waals surface area contributed by atoms with Crippen molar-refractivity contribution in [3.63, 3.8) is 0 Å². The molecule has 3 N–H and O–H groups in total. The van der Waals surface area contributed by atoms with E-state index in [-0.39, 0.29) is 17.7 Å². The highest BCUT2D eigenvalue weighted by atomic mass is 16.4. The molecule has 0 aliphatic heterocycles. The summed E-state index contributed by atoms with van der Waals surface area (Å²) < 4.78 is 0. The van der Waals surface area contributed by atoms with Crippen LogP contribution in [-0.4, -0.2) is 37.1 Å². The Morgan fingerprint density at radius 3 is 2.65 bits per heavy atom. The molecular formula is C12H22N2O3. The van der Waals surface area contributed by atoms with E-state index in [1.807, 2.05) is 0 Å². The first kappa shape index (κ1) is 14.0. The van der Waals surface area contributed by atoms with Gasteiger partial charge in [0.15, 0.2) is 0 Å². The third kappa shape index (κ3) is 4.73. The van der Waals surface area contributed by atoms with Crippen molar-refractivity contribution >= 4 is 11.9 Å². The summed E-state index contributed by atoms with van der Waals surface area (Å²) in [5.74, 6) is -0.666. The van der Waals surface area contributed by atoms with Crippen LogP contribution in [0.5, 0.6) is 0 Å². The molecule has 1 amide bonds. The summed E-state index contributed by atoms with van der Waals surface area (Å²) in [7, 11) is 1.62. The van der Waals surface area contributed by atoms with Crippen LogP contribution in [0.3, 0.4) is 0 Å². The van der Waals surface area contributed by atoms with Crippen molar-refractivity contribution in [1.82, 2.24) is 10.6 Å². The summed E-state index contributed by atoms with van der Waals surface area (Å²) in [5, 5.41) is 14.8. The highest BCUT2D eigenvalue weighted by Gasteiger charge is 2.30. The van der Waals surface area contributed by atoms with Crippen LogP contribution in [0.4, 0.5) is 0 Å². The predicted molar refractivity (Wildman–Crippen MR) is 64.6 cm³/mol. The van der Waals surface area contributed by atoms with E-state index in [0.29, 0.717) is 19.5 Å². The summed E-state index contributed by atoms with van der Waals surface area (Å²) in [6.07, 6.45) is 4.35. The maximum atomic E-state index is 11.1. The minimum Gasteiger partial charge on any atom is -0.481 e. The number of hydrogen-bond acceptors (Lipinski definition) is 3. The zero-order valence-corrected chi connectivity index (χ0v) is 10.4. The Morgan fingerprint density at radius 2 is 2.00 bits per heavy atom. The van der Waals surface area contributed by atoms with Crippen molar-refractivity contribution in [3.05, 3.63) is 0 Å². The van der Waals surface area contributed by atoms with Crippen LogP contribution >= 0.6 is 0 Å². The van der Waals surface area contributed by atoms with E-state index in [0.717, 1.165) is 25.7 Å². The van der Waals surface area contributed by atoms with Gasteiger partial charge >= 0.3 is 5.97 Å². The number of nitrogens with one attached hydrogen (secondary N) is 2. The molecule has 1 fully saturated rings. The Bertz CT molecular complexity index is 268. The van der Waals surface area contributed by atoms with E-state index in [9.17, 15) is 9.59 Å². The van der Waals surface area contributed by atoms with E-state index in [4.69, 9.17) is 5.11 Å². The van der Waals surface area contributed by atoms with Crippen LogP contribution in [0, 0.1) is 11.8 Å². The Morgan fingerprint density at radius 1 is 1.29 bits per heavy atom. The molecule has 1 aliphatic rings. The molecule has 2 unspecified atom stereocenters. The first-order chi connectivity index (χ1) is 8.15. The first-order valence-electron chi connectivity index (χ1n) is 6.29. The number of aliphatic carboxylic acids is 1. The molecule has 98 valence electrons. The molecule has 17 heavy (non-hydrogen) atoms. The van der Waals surface area contributed by atoms with E-state index in [2.05, 4.69) is 10.6 Å². The third-order valence-corrected chi connectivity index (χ3v) is 3.44. The highest BCUT2D eigenvalue weighted by Crippen LogP contribution is 2.29. The number of carboxylic acid groups (broad SMARTS) is 1. The lowest BCUT2D eigenvalue weighted by atomic mass is 9.79. The van der Waals surface area contributed by atoms with Gasteiger partial charge in [0.05, 0.1) is 5.92 Å². The van der Waals surface area contributed by atoms with Gasteiger partial charge in [-0.25, -0.2) is 0 Å².